The Bertz CT molecular complexity index is 898. The van der Waals surface area contributed by atoms with Gasteiger partial charge in [0, 0.05) is 18.3 Å². The number of amides is 2. The molecule has 2 atom stereocenters. The smallest absolute Gasteiger partial charge is 0.408 e. The summed E-state index contributed by atoms with van der Waals surface area (Å²) in [7, 11) is 0. The van der Waals surface area contributed by atoms with E-state index in [1.165, 1.54) is 6.33 Å². The van der Waals surface area contributed by atoms with Gasteiger partial charge in [0.25, 0.3) is 0 Å². The van der Waals surface area contributed by atoms with Crippen LogP contribution in [0, 0.1) is 0 Å². The zero-order chi connectivity index (χ0) is 20.5. The lowest BCUT2D eigenvalue weighted by atomic mass is 10.1. The van der Waals surface area contributed by atoms with Gasteiger partial charge in [-0.3, -0.25) is 4.79 Å². The van der Waals surface area contributed by atoms with Crippen LogP contribution in [0.5, 0.6) is 0 Å². The minimum absolute atomic E-state index is 0.130. The molecule has 1 aromatic heterocycles. The highest BCUT2D eigenvalue weighted by molar-refractivity contribution is 5.86. The van der Waals surface area contributed by atoms with E-state index in [1.807, 2.05) is 67.6 Å². The molecule has 0 fully saturated rings. The SMILES string of the molecule is C[C@@H](NC(=O)[C@H](Cc1cnc[nH]1)NC(=O)OCc1ccccc1)c1ccccc1. The molecule has 0 bridgehead atoms. The van der Waals surface area contributed by atoms with E-state index in [0.29, 0.717) is 0 Å². The van der Waals surface area contributed by atoms with Gasteiger partial charge in [0.1, 0.15) is 12.6 Å². The highest BCUT2D eigenvalue weighted by Crippen LogP contribution is 2.12. The summed E-state index contributed by atoms with van der Waals surface area (Å²) < 4.78 is 5.26. The molecular formula is C22H24N4O3. The van der Waals surface area contributed by atoms with Gasteiger partial charge >= 0.3 is 6.09 Å². The molecule has 0 aliphatic rings. The number of hydrogen-bond acceptors (Lipinski definition) is 4. The number of carbonyl (C=O) groups is 2. The van der Waals surface area contributed by atoms with Crippen LogP contribution in [0.15, 0.2) is 73.2 Å². The molecule has 1 heterocycles. The molecule has 0 aliphatic carbocycles. The molecule has 0 radical (unpaired) electrons. The fourth-order valence-electron chi connectivity index (χ4n) is 2.87. The second kappa shape index (κ2) is 10.1. The number of hydrogen-bond donors (Lipinski definition) is 3. The topological polar surface area (TPSA) is 96.1 Å². The van der Waals surface area contributed by atoms with Crippen LogP contribution < -0.4 is 10.6 Å². The maximum atomic E-state index is 12.8. The van der Waals surface area contributed by atoms with Gasteiger partial charge in [-0.1, -0.05) is 60.7 Å². The molecule has 0 saturated heterocycles. The maximum absolute atomic E-state index is 12.8. The summed E-state index contributed by atoms with van der Waals surface area (Å²) in [6.07, 6.45) is 2.77. The predicted molar refractivity (Wildman–Crippen MR) is 109 cm³/mol. The summed E-state index contributed by atoms with van der Waals surface area (Å²) in [5, 5.41) is 5.61. The number of ether oxygens (including phenoxy) is 1. The second-order valence-electron chi connectivity index (χ2n) is 6.68. The second-order valence-corrected chi connectivity index (χ2v) is 6.68. The van der Waals surface area contributed by atoms with Crippen LogP contribution in [-0.2, 0) is 22.6 Å². The van der Waals surface area contributed by atoms with Crippen molar-refractivity contribution in [2.45, 2.75) is 32.0 Å². The molecule has 150 valence electrons. The van der Waals surface area contributed by atoms with E-state index in [9.17, 15) is 9.59 Å². The standard InChI is InChI=1S/C22H24N4O3/c1-16(18-10-6-3-7-11-18)25-21(27)20(12-19-13-23-15-24-19)26-22(28)29-14-17-8-4-2-5-9-17/h2-11,13,15-16,20H,12,14H2,1H3,(H,23,24)(H,25,27)(H,26,28)/t16-,20+/m1/s1. The Hall–Kier alpha value is -3.61. The van der Waals surface area contributed by atoms with Crippen molar-refractivity contribution in [1.82, 2.24) is 20.6 Å². The first-order chi connectivity index (χ1) is 14.1. The Balaban J connectivity index is 1.62. The number of H-pyrrole nitrogens is 1. The summed E-state index contributed by atoms with van der Waals surface area (Å²) in [4.78, 5) is 32.0. The molecule has 2 aromatic carbocycles. The van der Waals surface area contributed by atoms with Gasteiger partial charge in [-0.15, -0.1) is 0 Å². The molecule has 0 saturated carbocycles. The van der Waals surface area contributed by atoms with Crippen LogP contribution in [0.4, 0.5) is 4.79 Å². The van der Waals surface area contributed by atoms with Crippen molar-refractivity contribution in [2.75, 3.05) is 0 Å². The van der Waals surface area contributed by atoms with Crippen molar-refractivity contribution < 1.29 is 14.3 Å². The lowest BCUT2D eigenvalue weighted by Gasteiger charge is -2.21. The van der Waals surface area contributed by atoms with E-state index >= 15 is 0 Å². The summed E-state index contributed by atoms with van der Waals surface area (Å²) in [5.74, 6) is -0.299. The van der Waals surface area contributed by atoms with Crippen LogP contribution in [-0.4, -0.2) is 28.0 Å². The monoisotopic (exact) mass is 392 g/mol. The van der Waals surface area contributed by atoms with Crippen molar-refractivity contribution in [3.63, 3.8) is 0 Å². The molecule has 3 N–H and O–H groups in total. The molecule has 7 nitrogen and oxygen atoms in total. The fourth-order valence-corrected chi connectivity index (χ4v) is 2.87. The van der Waals surface area contributed by atoms with E-state index < -0.39 is 12.1 Å². The highest BCUT2D eigenvalue weighted by Gasteiger charge is 2.24. The molecule has 2 amide bonds. The minimum atomic E-state index is -0.801. The number of imidazole rings is 1. The minimum Gasteiger partial charge on any atom is -0.445 e. The number of nitrogens with zero attached hydrogens (tertiary/aromatic N) is 1. The summed E-state index contributed by atoms with van der Waals surface area (Å²) in [5.41, 5.74) is 2.59. The molecule has 0 aliphatic heterocycles. The van der Waals surface area contributed by atoms with E-state index in [2.05, 4.69) is 20.6 Å². The van der Waals surface area contributed by atoms with Gasteiger partial charge in [-0.2, -0.15) is 0 Å². The Morgan fingerprint density at radius 3 is 2.38 bits per heavy atom. The largest absolute Gasteiger partial charge is 0.445 e. The Morgan fingerprint density at radius 2 is 1.72 bits per heavy atom. The van der Waals surface area contributed by atoms with Gasteiger partial charge in [0.15, 0.2) is 0 Å². The third-order valence-electron chi connectivity index (χ3n) is 4.46. The van der Waals surface area contributed by atoms with Crippen LogP contribution in [0.3, 0.4) is 0 Å². The van der Waals surface area contributed by atoms with Gasteiger partial charge in [-0.05, 0) is 18.1 Å². The number of rotatable bonds is 8. The third kappa shape index (κ3) is 6.21. The highest BCUT2D eigenvalue weighted by atomic mass is 16.5. The first kappa shape index (κ1) is 20.1. The number of nitrogens with one attached hydrogen (secondary N) is 3. The van der Waals surface area contributed by atoms with Crippen molar-refractivity contribution in [3.05, 3.63) is 90.0 Å². The summed E-state index contributed by atoms with van der Waals surface area (Å²) in [6, 6.07) is 18.0. The average Bonchev–Trinajstić information content (AvgIpc) is 3.26. The molecule has 7 heteroatoms. The zero-order valence-corrected chi connectivity index (χ0v) is 16.2. The molecule has 3 rings (SSSR count). The summed E-state index contributed by atoms with van der Waals surface area (Å²) in [6.45, 7) is 2.03. The molecule has 0 unspecified atom stereocenters. The molecule has 3 aromatic rings. The number of aromatic nitrogens is 2. The Kier molecular flexibility index (Phi) is 7.00. The molecular weight excluding hydrogens is 368 g/mol. The van der Waals surface area contributed by atoms with Crippen LogP contribution in [0.25, 0.3) is 0 Å². The van der Waals surface area contributed by atoms with Crippen LogP contribution >= 0.6 is 0 Å². The first-order valence-corrected chi connectivity index (χ1v) is 9.41. The van der Waals surface area contributed by atoms with Crippen LogP contribution in [0.2, 0.25) is 0 Å². The Labute approximate surface area is 169 Å². The molecule has 0 spiro atoms. The number of alkyl carbamates (subject to hydrolysis) is 1. The first-order valence-electron chi connectivity index (χ1n) is 9.41. The van der Waals surface area contributed by atoms with Gasteiger partial charge < -0.3 is 20.4 Å². The van der Waals surface area contributed by atoms with Gasteiger partial charge in [0.2, 0.25) is 5.91 Å². The van der Waals surface area contributed by atoms with Gasteiger partial charge in [-0.25, -0.2) is 9.78 Å². The lowest BCUT2D eigenvalue weighted by Crippen LogP contribution is -2.48. The van der Waals surface area contributed by atoms with E-state index in [4.69, 9.17) is 4.74 Å². The van der Waals surface area contributed by atoms with Crippen LogP contribution in [0.1, 0.15) is 29.8 Å². The van der Waals surface area contributed by atoms with Crippen molar-refractivity contribution in [2.24, 2.45) is 0 Å². The number of carbonyl (C=O) groups excluding carboxylic acids is 2. The maximum Gasteiger partial charge on any atom is 0.408 e. The summed E-state index contributed by atoms with van der Waals surface area (Å²) >= 11 is 0. The van der Waals surface area contributed by atoms with E-state index in [-0.39, 0.29) is 25.0 Å². The number of aromatic amines is 1. The third-order valence-corrected chi connectivity index (χ3v) is 4.46. The zero-order valence-electron chi connectivity index (χ0n) is 16.2. The van der Waals surface area contributed by atoms with Crippen molar-refractivity contribution >= 4 is 12.0 Å². The Morgan fingerprint density at radius 1 is 1.03 bits per heavy atom. The van der Waals surface area contributed by atoms with E-state index in [1.54, 1.807) is 6.20 Å². The quantitative estimate of drug-likeness (QED) is 0.549. The van der Waals surface area contributed by atoms with E-state index in [0.717, 1.165) is 16.8 Å². The average molecular weight is 392 g/mol. The fraction of sp³-hybridized carbons (Fsp3) is 0.227. The van der Waals surface area contributed by atoms with Crippen molar-refractivity contribution in [1.29, 1.82) is 0 Å². The number of benzene rings is 2. The van der Waals surface area contributed by atoms with Crippen molar-refractivity contribution in [3.8, 4) is 0 Å². The molecule has 29 heavy (non-hydrogen) atoms. The van der Waals surface area contributed by atoms with Gasteiger partial charge in [0.05, 0.1) is 12.4 Å². The lowest BCUT2D eigenvalue weighted by molar-refractivity contribution is -0.123. The normalized spacial score (nSPS) is 12.6. The predicted octanol–water partition coefficient (Wildman–Crippen LogP) is 3.12.